The molecule has 0 spiro atoms. The van der Waals surface area contributed by atoms with Crippen LogP contribution in [0.2, 0.25) is 0 Å². The fourth-order valence-electron chi connectivity index (χ4n) is 8.82. The lowest BCUT2D eigenvalue weighted by Crippen LogP contribution is -2.56. The number of cyclic esters (lactones) is 1. The zero-order chi connectivity index (χ0) is 52.4. The quantitative estimate of drug-likeness (QED) is 0.0294. The first-order valence-electron chi connectivity index (χ1n) is 24.3. The maximum absolute atomic E-state index is 14.3. The molecule has 0 bridgehead atoms. The smallest absolute Gasteiger partial charge is 0.343 e. The largest absolute Gasteiger partial charge is 0.458 e. The van der Waals surface area contributed by atoms with E-state index in [4.69, 9.17) is 34.4 Å². The summed E-state index contributed by atoms with van der Waals surface area (Å²) in [5.74, 6) is -3.85. The zero-order valence-corrected chi connectivity index (χ0v) is 40.9. The van der Waals surface area contributed by atoms with Crippen LogP contribution < -0.4 is 47.4 Å². The molecule has 0 aliphatic carbocycles. The molecular formula is C49H61N9O15. The minimum atomic E-state index is -2.06. The number of hydrogen-bond acceptors (Lipinski definition) is 17. The van der Waals surface area contributed by atoms with E-state index in [1.165, 1.54) is 4.57 Å². The monoisotopic (exact) mass is 1020 g/mol. The third kappa shape index (κ3) is 12.3. The van der Waals surface area contributed by atoms with Gasteiger partial charge >= 0.3 is 5.97 Å². The second-order valence-electron chi connectivity index (χ2n) is 18.1. The number of nitrogens with two attached hydrogens (primary N) is 1. The highest BCUT2D eigenvalue weighted by Crippen LogP contribution is 2.44. The molecule has 7 rings (SSSR count). The van der Waals surface area contributed by atoms with E-state index in [1.54, 1.807) is 39.0 Å². The third-order valence-corrected chi connectivity index (χ3v) is 12.9. The summed E-state index contributed by atoms with van der Waals surface area (Å²) in [4.78, 5) is 122. The van der Waals surface area contributed by atoms with Crippen molar-refractivity contribution in [1.29, 1.82) is 0 Å². The Bertz CT molecular complexity index is 2720. The van der Waals surface area contributed by atoms with Gasteiger partial charge in [0.1, 0.15) is 18.7 Å². The van der Waals surface area contributed by atoms with Crippen LogP contribution in [0.25, 0.3) is 22.3 Å². The lowest BCUT2D eigenvalue weighted by atomic mass is 9.86. The van der Waals surface area contributed by atoms with Gasteiger partial charge in [-0.05, 0) is 56.3 Å². The fraction of sp³-hybridized carbons (Fsp3) is 0.510. The summed E-state index contributed by atoms with van der Waals surface area (Å²) in [6.07, 6.45) is 3.34. The molecule has 6 heterocycles. The van der Waals surface area contributed by atoms with Crippen LogP contribution in [-0.4, -0.2) is 145 Å². The number of aromatic nitrogens is 2. The van der Waals surface area contributed by atoms with Crippen molar-refractivity contribution < 1.29 is 67.1 Å². The summed E-state index contributed by atoms with van der Waals surface area (Å²) in [6, 6.07) is 3.95. The summed E-state index contributed by atoms with van der Waals surface area (Å²) < 4.78 is 28.8. The van der Waals surface area contributed by atoms with E-state index in [9.17, 15) is 48.3 Å². The van der Waals surface area contributed by atoms with E-state index in [0.29, 0.717) is 58.7 Å². The summed E-state index contributed by atoms with van der Waals surface area (Å²) in [7, 11) is 0. The molecule has 2 unspecified atom stereocenters. The molecular weight excluding hydrogens is 955 g/mol. The molecule has 7 amide bonds. The van der Waals surface area contributed by atoms with Gasteiger partial charge in [-0.15, -0.1) is 0 Å². The Labute approximate surface area is 419 Å². The highest BCUT2D eigenvalue weighted by molar-refractivity contribution is 6.13. The Hall–Kier alpha value is -7.28. The van der Waals surface area contributed by atoms with Crippen LogP contribution >= 0.6 is 0 Å². The van der Waals surface area contributed by atoms with Crippen LogP contribution in [0, 0.1) is 5.92 Å². The first kappa shape index (κ1) is 53.5. The number of carbonyl (C=O) groups excluding carboxylic acids is 8. The number of nitrogens with zero attached hydrogens (tertiary/aromatic N) is 3. The van der Waals surface area contributed by atoms with E-state index < -0.39 is 77.2 Å². The fourth-order valence-corrected chi connectivity index (χ4v) is 8.82. The highest BCUT2D eigenvalue weighted by atomic mass is 16.7. The second-order valence-corrected chi connectivity index (χ2v) is 18.1. The number of esters is 1. The third-order valence-electron chi connectivity index (χ3n) is 12.9. The first-order valence-corrected chi connectivity index (χ1v) is 24.3. The number of unbranched alkanes of at least 4 members (excludes halogenated alkanes) is 1. The van der Waals surface area contributed by atoms with E-state index in [1.807, 2.05) is 6.07 Å². The Balaban J connectivity index is 0.900. The second kappa shape index (κ2) is 24.0. The average Bonchev–Trinajstić information content (AvgIpc) is 4.05. The van der Waals surface area contributed by atoms with Crippen molar-refractivity contribution in [3.05, 3.63) is 63.5 Å². The molecule has 4 aliphatic heterocycles. The molecule has 1 aromatic carbocycles. The van der Waals surface area contributed by atoms with Crippen molar-refractivity contribution in [1.82, 2.24) is 41.0 Å². The number of nitrogens with one attached hydrogen (secondary N) is 5. The number of imide groups is 1. The molecule has 3 aromatic rings. The zero-order valence-electron chi connectivity index (χ0n) is 40.9. The number of rotatable bonds is 26. The molecule has 0 radical (unpaired) electrons. The summed E-state index contributed by atoms with van der Waals surface area (Å²) >= 11 is 0. The van der Waals surface area contributed by atoms with Crippen LogP contribution in [0.5, 0.6) is 11.5 Å². The van der Waals surface area contributed by atoms with E-state index in [2.05, 4.69) is 26.6 Å². The maximum atomic E-state index is 14.3. The van der Waals surface area contributed by atoms with Gasteiger partial charge in [-0.1, -0.05) is 20.8 Å². The van der Waals surface area contributed by atoms with Crippen LogP contribution in [0.1, 0.15) is 82.0 Å². The van der Waals surface area contributed by atoms with E-state index in [0.717, 1.165) is 17.1 Å². The maximum Gasteiger partial charge on any atom is 0.343 e. The molecule has 4 aliphatic rings. The van der Waals surface area contributed by atoms with Gasteiger partial charge in [0.25, 0.3) is 17.4 Å². The Morgan fingerprint density at radius 1 is 0.849 bits per heavy atom. The standard InChI is InChI=1S/C49H61N9O15/c1-4-49(68)31-21-34-44-29(19-28-20-36-37(73-26-72-36)22-33(28)54-44)35(58(34)47(66)30(31)25-71-48(49)67)23-52-40(61)24-53-45(64)32(7-5-6-12-50)55-46(65)43(27(2)3)56-39(60)11-15-69-17-18-70-16-13-51-38(59)10-14-57-41(62)8-9-42(57)63/h8-9,19-22,27,32,35,43,68H,4-7,10-18,23-26,50H2,1-3H3,(H,51,59)(H,52,61)(H,53,64)(H,55,65)(H,56,60)/t32-,35?,43?,49-/m0/s1. The number of benzene rings is 1. The van der Waals surface area contributed by atoms with Gasteiger partial charge in [-0.3, -0.25) is 47.8 Å². The van der Waals surface area contributed by atoms with Gasteiger partial charge in [-0.25, -0.2) is 9.78 Å². The highest BCUT2D eigenvalue weighted by Gasteiger charge is 2.46. The number of carbonyl (C=O) groups is 8. The molecule has 4 atom stereocenters. The molecule has 2 aromatic heterocycles. The first-order chi connectivity index (χ1) is 35.0. The minimum Gasteiger partial charge on any atom is -0.458 e. The molecule has 24 heteroatoms. The van der Waals surface area contributed by atoms with Crippen molar-refractivity contribution in [3.8, 4) is 22.9 Å². The predicted molar refractivity (Wildman–Crippen MR) is 257 cm³/mol. The van der Waals surface area contributed by atoms with Crippen molar-refractivity contribution in [2.75, 3.05) is 65.9 Å². The van der Waals surface area contributed by atoms with Gasteiger partial charge in [0.2, 0.25) is 36.3 Å². The molecule has 0 saturated carbocycles. The van der Waals surface area contributed by atoms with Gasteiger partial charge in [0, 0.05) is 67.2 Å². The molecule has 392 valence electrons. The Kier molecular flexibility index (Phi) is 17.6. The van der Waals surface area contributed by atoms with Crippen molar-refractivity contribution in [2.24, 2.45) is 11.7 Å². The number of aliphatic hydroxyl groups is 1. The van der Waals surface area contributed by atoms with Gasteiger partial charge in [0.05, 0.1) is 61.5 Å². The van der Waals surface area contributed by atoms with Crippen LogP contribution in [0.4, 0.5) is 0 Å². The van der Waals surface area contributed by atoms with Gasteiger partial charge < -0.3 is 61.1 Å². The Morgan fingerprint density at radius 3 is 2.29 bits per heavy atom. The van der Waals surface area contributed by atoms with Crippen LogP contribution in [-0.2, 0) is 64.8 Å². The summed E-state index contributed by atoms with van der Waals surface area (Å²) in [5, 5.41) is 25.6. The van der Waals surface area contributed by atoms with E-state index >= 15 is 0 Å². The molecule has 0 fully saturated rings. The SMILES string of the molecule is CC[C@@]1(O)C(=O)OCc2c1cc1n(c2=O)C(CNC(=O)CNC(=O)[C@H](CCCCN)NC(=O)C(NC(=O)CCOCCOCCNC(=O)CCN2C(=O)C=CC2=O)C(C)C)c2cc3cc4c(cc3nc2-1)OCO4. The number of hydrogen-bond donors (Lipinski definition) is 7. The molecule has 0 saturated heterocycles. The molecule has 24 nitrogen and oxygen atoms in total. The van der Waals surface area contributed by atoms with Crippen LogP contribution in [0.3, 0.4) is 0 Å². The van der Waals surface area contributed by atoms with Crippen LogP contribution in [0.15, 0.2) is 41.2 Å². The number of pyridine rings is 2. The summed E-state index contributed by atoms with van der Waals surface area (Å²) in [6.45, 7) is 5.16. The van der Waals surface area contributed by atoms with Crippen molar-refractivity contribution in [2.45, 2.75) is 89.6 Å². The topological polar surface area (TPSA) is 327 Å². The molecule has 73 heavy (non-hydrogen) atoms. The van der Waals surface area contributed by atoms with Gasteiger partial charge in [-0.2, -0.15) is 0 Å². The number of fused-ring (bicyclic) bond motifs is 6. The Morgan fingerprint density at radius 2 is 1.58 bits per heavy atom. The van der Waals surface area contributed by atoms with Gasteiger partial charge in [0.15, 0.2) is 17.1 Å². The number of amides is 7. The summed E-state index contributed by atoms with van der Waals surface area (Å²) in [5.41, 5.74) is 5.13. The van der Waals surface area contributed by atoms with Crippen molar-refractivity contribution >= 4 is 58.2 Å². The predicted octanol–water partition coefficient (Wildman–Crippen LogP) is -0.809. The molecule has 8 N–H and O–H groups in total. The lowest BCUT2D eigenvalue weighted by Gasteiger charge is -2.32. The van der Waals surface area contributed by atoms with Crippen molar-refractivity contribution in [3.63, 3.8) is 0 Å². The number of ether oxygens (including phenoxy) is 5. The lowest BCUT2D eigenvalue weighted by molar-refractivity contribution is -0.172. The average molecular weight is 1020 g/mol. The minimum absolute atomic E-state index is 0.0207. The normalized spacial score (nSPS) is 18.0. The van der Waals surface area contributed by atoms with E-state index in [-0.39, 0.29) is 108 Å².